The average molecular weight is 249 g/mol. The smallest absolute Gasteiger partial charge is 0.213 e. The van der Waals surface area contributed by atoms with Crippen LogP contribution in [0, 0.1) is 0 Å². The first-order valence-corrected chi connectivity index (χ1v) is 4.30. The molecule has 0 spiro atoms. The predicted molar refractivity (Wildman–Crippen MR) is 46.7 cm³/mol. The van der Waals surface area contributed by atoms with Gasteiger partial charge in [0.25, 0.3) is 0 Å². The van der Waals surface area contributed by atoms with Crippen LogP contribution >= 0.6 is 23.5 Å². The fourth-order valence-corrected chi connectivity index (χ4v) is 0.882. The van der Waals surface area contributed by atoms with Gasteiger partial charge in [0, 0.05) is 0 Å². The second kappa shape index (κ2) is 6.52. The lowest BCUT2D eigenvalue weighted by Crippen LogP contribution is -2.46. The number of hydrogen-bond acceptors (Lipinski definition) is 6. The van der Waals surface area contributed by atoms with Crippen molar-refractivity contribution in [3.8, 4) is 0 Å². The Labute approximate surface area is 89.8 Å². The number of halogens is 2. The molecule has 0 amide bonds. The summed E-state index contributed by atoms with van der Waals surface area (Å²) in [6.45, 7) is -0.805. The van der Waals surface area contributed by atoms with E-state index in [1.807, 2.05) is 0 Å². The topological polar surface area (TPSA) is 107 Å². The SMILES string of the molecule is O=C(C(Cl)OCl)[C@@H](O)[C@H](O)[C@H](O)CO. The standard InChI is InChI=1S/C6H10Cl2O6/c7-6(14-8)5(13)4(12)3(11)2(10)1-9/h2-4,6,9-12H,1H2/t2-,3-,4+,6?/m1/s1. The van der Waals surface area contributed by atoms with Crippen LogP contribution in [0.1, 0.15) is 0 Å². The van der Waals surface area contributed by atoms with Gasteiger partial charge >= 0.3 is 0 Å². The van der Waals surface area contributed by atoms with Gasteiger partial charge in [-0.3, -0.25) is 9.08 Å². The lowest BCUT2D eigenvalue weighted by Gasteiger charge is -2.21. The number of rotatable bonds is 6. The Kier molecular flexibility index (Phi) is 6.54. The number of ketones is 1. The number of carbonyl (C=O) groups excluding carboxylic acids is 1. The molecule has 0 radical (unpaired) electrons. The number of aliphatic hydroxyl groups is 4. The van der Waals surface area contributed by atoms with Gasteiger partial charge < -0.3 is 20.4 Å². The summed E-state index contributed by atoms with van der Waals surface area (Å²) in [7, 11) is 0. The molecule has 0 aromatic rings. The summed E-state index contributed by atoms with van der Waals surface area (Å²) in [5.74, 6) is -1.11. The van der Waals surface area contributed by atoms with Crippen molar-refractivity contribution in [2.45, 2.75) is 23.9 Å². The zero-order valence-corrected chi connectivity index (χ0v) is 8.39. The molecule has 14 heavy (non-hydrogen) atoms. The van der Waals surface area contributed by atoms with Crippen LogP contribution < -0.4 is 0 Å². The molecule has 0 rings (SSSR count). The Balaban J connectivity index is 4.30. The number of aliphatic hydroxyl groups excluding tert-OH is 4. The Hall–Kier alpha value is 0.0500. The van der Waals surface area contributed by atoms with E-state index in [-0.39, 0.29) is 0 Å². The quantitative estimate of drug-likeness (QED) is 0.421. The van der Waals surface area contributed by atoms with Gasteiger partial charge in [0.1, 0.15) is 18.3 Å². The molecule has 0 aromatic heterocycles. The summed E-state index contributed by atoms with van der Waals surface area (Å²) in [5, 5.41) is 35.4. The molecule has 4 atom stereocenters. The Morgan fingerprint density at radius 2 is 1.86 bits per heavy atom. The third-order valence-corrected chi connectivity index (χ3v) is 2.07. The minimum absolute atomic E-state index is 0.805. The van der Waals surface area contributed by atoms with Gasteiger partial charge in [0.05, 0.1) is 18.5 Å². The summed E-state index contributed by atoms with van der Waals surface area (Å²) in [6, 6.07) is 0. The van der Waals surface area contributed by atoms with Gasteiger partial charge in [-0.05, 0) is 0 Å². The molecule has 1 unspecified atom stereocenters. The van der Waals surface area contributed by atoms with Crippen molar-refractivity contribution < 1.29 is 29.5 Å². The highest BCUT2D eigenvalue weighted by Gasteiger charge is 2.33. The van der Waals surface area contributed by atoms with Crippen LogP contribution in [0.15, 0.2) is 0 Å². The molecule has 0 aliphatic rings. The second-order valence-corrected chi connectivity index (χ2v) is 3.07. The molecule has 0 aliphatic heterocycles. The van der Waals surface area contributed by atoms with E-state index < -0.39 is 36.3 Å². The van der Waals surface area contributed by atoms with E-state index in [0.29, 0.717) is 0 Å². The summed E-state index contributed by atoms with van der Waals surface area (Å²) < 4.78 is 3.87. The molecule has 0 bridgehead atoms. The molecule has 84 valence electrons. The Morgan fingerprint density at radius 1 is 1.36 bits per heavy atom. The van der Waals surface area contributed by atoms with E-state index in [2.05, 4.69) is 4.29 Å². The maximum atomic E-state index is 11.0. The summed E-state index contributed by atoms with van der Waals surface area (Å²) in [5.41, 5.74) is -1.63. The molecule has 0 saturated carbocycles. The molecule has 0 heterocycles. The number of Topliss-reactive ketones (excluding diaryl/α,β-unsaturated/α-hetero) is 1. The van der Waals surface area contributed by atoms with Gasteiger partial charge in [-0.1, -0.05) is 11.6 Å². The second-order valence-electron chi connectivity index (χ2n) is 2.49. The molecule has 4 N–H and O–H groups in total. The van der Waals surface area contributed by atoms with Crippen LogP contribution in [0.2, 0.25) is 0 Å². The molecule has 0 aromatic carbocycles. The van der Waals surface area contributed by atoms with E-state index in [4.69, 9.17) is 43.9 Å². The fourth-order valence-electron chi connectivity index (χ4n) is 0.665. The molecule has 0 fully saturated rings. The maximum Gasteiger partial charge on any atom is 0.213 e. The number of hydrogen-bond donors (Lipinski definition) is 4. The minimum atomic E-state index is -1.97. The Bertz CT molecular complexity index is 189. The van der Waals surface area contributed by atoms with Crippen molar-refractivity contribution in [3.63, 3.8) is 0 Å². The molecule has 0 saturated heterocycles. The van der Waals surface area contributed by atoms with E-state index >= 15 is 0 Å². The van der Waals surface area contributed by atoms with Crippen molar-refractivity contribution in [1.29, 1.82) is 0 Å². The van der Waals surface area contributed by atoms with Crippen LogP contribution in [0.25, 0.3) is 0 Å². The minimum Gasteiger partial charge on any atom is -0.394 e. The Morgan fingerprint density at radius 3 is 2.21 bits per heavy atom. The zero-order chi connectivity index (χ0) is 11.3. The largest absolute Gasteiger partial charge is 0.394 e. The first kappa shape index (κ1) is 14.1. The van der Waals surface area contributed by atoms with Gasteiger partial charge in [0.15, 0.2) is 0 Å². The van der Waals surface area contributed by atoms with Crippen molar-refractivity contribution in [2.24, 2.45) is 0 Å². The number of carbonyl (C=O) groups is 1. The molecule has 8 heteroatoms. The number of alkyl halides is 1. The average Bonchev–Trinajstić information content (AvgIpc) is 2.23. The maximum absolute atomic E-state index is 11.0. The summed E-state index contributed by atoms with van der Waals surface area (Å²) in [6.07, 6.45) is -5.47. The van der Waals surface area contributed by atoms with Gasteiger partial charge in [-0.15, -0.1) is 0 Å². The van der Waals surface area contributed by atoms with Gasteiger partial charge in [-0.25, -0.2) is 0 Å². The van der Waals surface area contributed by atoms with Crippen molar-refractivity contribution in [3.05, 3.63) is 0 Å². The van der Waals surface area contributed by atoms with Gasteiger partial charge in [0.2, 0.25) is 11.3 Å². The third kappa shape index (κ3) is 3.66. The van der Waals surface area contributed by atoms with Crippen LogP contribution in [-0.2, 0) is 9.08 Å². The van der Waals surface area contributed by atoms with Gasteiger partial charge in [-0.2, -0.15) is 0 Å². The van der Waals surface area contributed by atoms with Crippen LogP contribution in [0.3, 0.4) is 0 Å². The first-order chi connectivity index (χ1) is 6.45. The summed E-state index contributed by atoms with van der Waals surface area (Å²) in [4.78, 5) is 11.0. The van der Waals surface area contributed by atoms with E-state index in [1.54, 1.807) is 0 Å². The highest BCUT2D eigenvalue weighted by Crippen LogP contribution is 2.10. The highest BCUT2D eigenvalue weighted by molar-refractivity contribution is 6.32. The molecular weight excluding hydrogens is 239 g/mol. The van der Waals surface area contributed by atoms with Crippen molar-refractivity contribution in [2.75, 3.05) is 6.61 Å². The molecular formula is C6H10Cl2O6. The van der Waals surface area contributed by atoms with Crippen molar-refractivity contribution in [1.82, 2.24) is 0 Å². The zero-order valence-electron chi connectivity index (χ0n) is 6.88. The molecule has 0 aliphatic carbocycles. The first-order valence-electron chi connectivity index (χ1n) is 3.56. The predicted octanol–water partition coefficient (Wildman–Crippen LogP) is -1.63. The monoisotopic (exact) mass is 248 g/mol. The fraction of sp³-hybridized carbons (Fsp3) is 0.833. The van der Waals surface area contributed by atoms with E-state index in [9.17, 15) is 4.79 Å². The van der Waals surface area contributed by atoms with E-state index in [1.165, 1.54) is 0 Å². The molecule has 6 nitrogen and oxygen atoms in total. The normalized spacial score (nSPS) is 19.9. The van der Waals surface area contributed by atoms with Crippen LogP contribution in [0.4, 0.5) is 0 Å². The van der Waals surface area contributed by atoms with Crippen LogP contribution in [0.5, 0.6) is 0 Å². The third-order valence-electron chi connectivity index (χ3n) is 1.50. The lowest BCUT2D eigenvalue weighted by atomic mass is 10.1. The van der Waals surface area contributed by atoms with Crippen LogP contribution in [-0.4, -0.2) is 56.7 Å². The van der Waals surface area contributed by atoms with E-state index in [0.717, 1.165) is 0 Å². The lowest BCUT2D eigenvalue weighted by molar-refractivity contribution is -0.143. The highest BCUT2D eigenvalue weighted by atomic mass is 35.5. The van der Waals surface area contributed by atoms with Crippen molar-refractivity contribution >= 4 is 29.3 Å². The summed E-state index contributed by atoms with van der Waals surface area (Å²) >= 11 is 9.94.